The molecule has 4 N–H and O–H groups in total. The molecule has 0 aliphatic rings. The second kappa shape index (κ2) is 3.20. The Balaban J connectivity index is 3.63. The van der Waals surface area contributed by atoms with E-state index in [0.29, 0.717) is 0 Å². The summed E-state index contributed by atoms with van der Waals surface area (Å²) in [7, 11) is -2.52. The topological polar surface area (TPSA) is 101 Å². The predicted molar refractivity (Wildman–Crippen MR) is 31.8 cm³/mol. The molecule has 0 aromatic rings. The molecule has 9 heavy (non-hydrogen) atoms. The van der Waals surface area contributed by atoms with E-state index in [4.69, 9.17) is 15.6 Å². The van der Waals surface area contributed by atoms with E-state index in [1.807, 2.05) is 0 Å². The molecule has 0 aromatic heterocycles. The SMILES string of the molecule is N[Si@@H](CC(=O)O)C(=O)O. The lowest BCUT2D eigenvalue weighted by molar-refractivity contribution is -0.134. The monoisotopic (exact) mass is 149 g/mol. The molecule has 0 aliphatic heterocycles. The molecule has 0 radical (unpaired) electrons. The van der Waals surface area contributed by atoms with Crippen molar-refractivity contribution in [3.05, 3.63) is 0 Å². The summed E-state index contributed by atoms with van der Waals surface area (Å²) >= 11 is 0. The molecule has 0 unspecified atom stereocenters. The van der Waals surface area contributed by atoms with Gasteiger partial charge >= 0.3 is 5.97 Å². The average molecular weight is 149 g/mol. The van der Waals surface area contributed by atoms with Gasteiger partial charge in [-0.25, -0.2) is 0 Å². The van der Waals surface area contributed by atoms with Crippen molar-refractivity contribution in [1.82, 2.24) is 0 Å². The van der Waals surface area contributed by atoms with Crippen molar-refractivity contribution in [3.8, 4) is 0 Å². The first-order chi connectivity index (χ1) is 4.04. The molecule has 0 rings (SSSR count). The lowest BCUT2D eigenvalue weighted by atomic mass is 10.8. The first kappa shape index (κ1) is 8.12. The number of aliphatic carboxylic acids is 1. The molecule has 0 saturated heterocycles. The van der Waals surface area contributed by atoms with Crippen LogP contribution in [0.25, 0.3) is 0 Å². The Morgan fingerprint density at radius 1 is 1.44 bits per heavy atom. The highest BCUT2D eigenvalue weighted by Crippen LogP contribution is 1.85. The van der Waals surface area contributed by atoms with E-state index in [2.05, 4.69) is 0 Å². The molecule has 0 bridgehead atoms. The van der Waals surface area contributed by atoms with Crippen molar-refractivity contribution in [1.29, 1.82) is 0 Å². The van der Waals surface area contributed by atoms with E-state index in [1.165, 1.54) is 0 Å². The highest BCUT2D eigenvalue weighted by molar-refractivity contribution is 6.87. The predicted octanol–water partition coefficient (Wildman–Crippen LogP) is -0.987. The summed E-state index contributed by atoms with van der Waals surface area (Å²) in [5.41, 5.74) is -1.16. The average Bonchev–Trinajstić information content (AvgIpc) is 1.63. The maximum atomic E-state index is 9.91. The summed E-state index contributed by atoms with van der Waals surface area (Å²) in [5.74, 6) is -1.14. The molecule has 0 spiro atoms. The Hall–Kier alpha value is -0.883. The Bertz CT molecular complexity index is 136. The quantitative estimate of drug-likeness (QED) is 0.447. The molecule has 5 nitrogen and oxygen atoms in total. The molecule has 0 fully saturated rings. The standard InChI is InChI=1S/C3H7NO4Si/c4-9(3(7)8)1-2(5)6/h9H,1,4H2,(H,5,6)(H,7,8)/t9-/m0/s1. The largest absolute Gasteiger partial charge is 0.485 e. The number of hydrogen-bond acceptors (Lipinski definition) is 3. The van der Waals surface area contributed by atoms with Gasteiger partial charge in [0.25, 0.3) is 5.59 Å². The third kappa shape index (κ3) is 3.68. The van der Waals surface area contributed by atoms with Crippen LogP contribution in [0, 0.1) is 0 Å². The van der Waals surface area contributed by atoms with E-state index < -0.39 is 26.6 Å². The first-order valence-corrected chi connectivity index (χ1v) is 4.30. The van der Waals surface area contributed by atoms with Gasteiger partial charge in [0, 0.05) is 0 Å². The van der Waals surface area contributed by atoms with Crippen LogP contribution < -0.4 is 5.40 Å². The lowest BCUT2D eigenvalue weighted by Gasteiger charge is -1.96. The summed E-state index contributed by atoms with van der Waals surface area (Å²) in [6.07, 6.45) is 0. The van der Waals surface area contributed by atoms with Crippen LogP contribution in [0.2, 0.25) is 6.04 Å². The van der Waals surface area contributed by atoms with Gasteiger partial charge < -0.3 is 15.6 Å². The van der Waals surface area contributed by atoms with Crippen LogP contribution in [0.15, 0.2) is 0 Å². The summed E-state index contributed by atoms with van der Waals surface area (Å²) in [4.78, 5) is 19.7. The van der Waals surface area contributed by atoms with E-state index in [0.717, 1.165) is 0 Å². The van der Waals surface area contributed by atoms with Gasteiger partial charge in [-0.2, -0.15) is 0 Å². The molecule has 0 aromatic carbocycles. The van der Waals surface area contributed by atoms with Crippen LogP contribution in [-0.2, 0) is 4.79 Å². The summed E-state index contributed by atoms with van der Waals surface area (Å²) in [6.45, 7) is 0. The Kier molecular flexibility index (Phi) is 2.89. The molecule has 1 atom stereocenters. The van der Waals surface area contributed by atoms with Crippen LogP contribution in [0.5, 0.6) is 0 Å². The van der Waals surface area contributed by atoms with E-state index >= 15 is 0 Å². The van der Waals surface area contributed by atoms with Crippen molar-refractivity contribution in [2.24, 2.45) is 5.40 Å². The Morgan fingerprint density at radius 2 is 1.89 bits per heavy atom. The minimum atomic E-state index is -2.52. The lowest BCUT2D eigenvalue weighted by Crippen LogP contribution is -2.36. The van der Waals surface area contributed by atoms with Crippen LogP contribution in [0.1, 0.15) is 0 Å². The van der Waals surface area contributed by atoms with Crippen LogP contribution in [0.3, 0.4) is 0 Å². The van der Waals surface area contributed by atoms with Crippen LogP contribution >= 0.6 is 0 Å². The van der Waals surface area contributed by atoms with Crippen LogP contribution in [0.4, 0.5) is 4.79 Å². The maximum Gasteiger partial charge on any atom is 0.302 e. The number of carboxylic acid groups (broad SMARTS) is 2. The molecule has 0 heterocycles. The normalized spacial score (nSPS) is 12.6. The zero-order chi connectivity index (χ0) is 7.44. The molecule has 0 aliphatic carbocycles. The molecule has 6 heteroatoms. The summed E-state index contributed by atoms with van der Waals surface area (Å²) < 4.78 is 0. The van der Waals surface area contributed by atoms with E-state index in [9.17, 15) is 9.59 Å². The second-order valence-corrected chi connectivity index (χ2v) is 3.66. The fourth-order valence-electron chi connectivity index (χ4n) is 0.275. The zero-order valence-corrected chi connectivity index (χ0v) is 5.73. The minimum absolute atomic E-state index is 0.394. The first-order valence-electron chi connectivity index (χ1n) is 2.24. The molecule has 0 saturated carbocycles. The van der Waals surface area contributed by atoms with E-state index in [1.54, 1.807) is 0 Å². The van der Waals surface area contributed by atoms with Crippen molar-refractivity contribution in [2.75, 3.05) is 0 Å². The van der Waals surface area contributed by atoms with Gasteiger partial charge in [0.2, 0.25) is 8.96 Å². The maximum absolute atomic E-state index is 9.91. The highest BCUT2D eigenvalue weighted by atomic mass is 28.3. The number of carbonyl (C=O) groups is 2. The highest BCUT2D eigenvalue weighted by Gasteiger charge is 2.17. The second-order valence-electron chi connectivity index (χ2n) is 1.54. The smallest absolute Gasteiger partial charge is 0.302 e. The van der Waals surface area contributed by atoms with Crippen molar-refractivity contribution >= 4 is 20.5 Å². The van der Waals surface area contributed by atoms with Gasteiger partial charge in [-0.15, -0.1) is 0 Å². The fourth-order valence-corrected chi connectivity index (χ4v) is 0.826. The van der Waals surface area contributed by atoms with Crippen molar-refractivity contribution < 1.29 is 19.8 Å². The van der Waals surface area contributed by atoms with Gasteiger partial charge in [-0.1, -0.05) is 0 Å². The van der Waals surface area contributed by atoms with Crippen molar-refractivity contribution in [2.45, 2.75) is 6.04 Å². The fraction of sp³-hybridized carbons (Fsp3) is 0.333. The van der Waals surface area contributed by atoms with Gasteiger partial charge in [-0.05, 0) is 0 Å². The molecule has 52 valence electrons. The van der Waals surface area contributed by atoms with E-state index in [-0.39, 0.29) is 0 Å². The Labute approximate surface area is 52.8 Å². The molecule has 0 amide bonds. The van der Waals surface area contributed by atoms with Crippen molar-refractivity contribution in [3.63, 3.8) is 0 Å². The van der Waals surface area contributed by atoms with Gasteiger partial charge in [-0.3, -0.25) is 9.59 Å². The van der Waals surface area contributed by atoms with Crippen LogP contribution in [-0.4, -0.2) is 30.7 Å². The number of hydrogen-bond donors (Lipinski definition) is 3. The zero-order valence-electron chi connectivity index (χ0n) is 4.57. The Morgan fingerprint density at radius 3 is 2.00 bits per heavy atom. The summed E-state index contributed by atoms with van der Waals surface area (Å²) in [5, 5.41) is 21.1. The number of rotatable bonds is 3. The third-order valence-electron chi connectivity index (χ3n) is 0.712. The number of carboxylic acids is 1. The van der Waals surface area contributed by atoms with Gasteiger partial charge in [0.1, 0.15) is 0 Å². The molecular weight excluding hydrogens is 142 g/mol. The summed E-state index contributed by atoms with van der Waals surface area (Å²) in [6, 6.07) is -0.394. The minimum Gasteiger partial charge on any atom is -0.485 e. The van der Waals surface area contributed by atoms with Gasteiger partial charge in [0.15, 0.2) is 0 Å². The van der Waals surface area contributed by atoms with Gasteiger partial charge in [0.05, 0.1) is 6.04 Å². The third-order valence-corrected chi connectivity index (χ3v) is 2.14. The number of nitrogens with two attached hydrogens (primary N) is 1. The molecular formula is C3H7NO4Si.